The molecule has 0 bridgehead atoms. The molecule has 146 valence electrons. The van der Waals surface area contributed by atoms with Crippen LogP contribution in [0.15, 0.2) is 0 Å². The maximum atomic E-state index is 10.1. The number of halogens is 1. The van der Waals surface area contributed by atoms with Crippen LogP contribution in [0, 0.1) is 11.3 Å². The van der Waals surface area contributed by atoms with Gasteiger partial charge >= 0.3 is 13.6 Å². The van der Waals surface area contributed by atoms with Crippen molar-refractivity contribution in [1.29, 1.82) is 5.26 Å². The van der Waals surface area contributed by atoms with Crippen LogP contribution in [0.2, 0.25) is 5.28 Å². The van der Waals surface area contributed by atoms with Crippen molar-refractivity contribution in [2.45, 2.75) is 26.3 Å². The summed E-state index contributed by atoms with van der Waals surface area (Å²) >= 11 is 5.73. The molecule has 0 unspecified atom stereocenters. The lowest BCUT2D eigenvalue weighted by atomic mass is 10.1. The van der Waals surface area contributed by atoms with Gasteiger partial charge in [0.25, 0.3) is 0 Å². The number of carboxylic acid groups (broad SMARTS) is 1. The predicted octanol–water partition coefficient (Wildman–Crippen LogP) is 0.467. The number of anilines is 2. The summed E-state index contributed by atoms with van der Waals surface area (Å²) in [6.45, 7) is 5.60. The minimum atomic E-state index is -4.10. The highest BCUT2D eigenvalue weighted by Crippen LogP contribution is 2.31. The van der Waals surface area contributed by atoms with E-state index < -0.39 is 31.9 Å². The molecular formula is C12H21ClN7O5P. The van der Waals surface area contributed by atoms with E-state index in [9.17, 15) is 9.36 Å². The number of hydrogen-bond donors (Lipinski definition) is 6. The average molecular weight is 410 g/mol. The molecule has 0 aromatic carbocycles. The van der Waals surface area contributed by atoms with Gasteiger partial charge in [0.05, 0.1) is 18.9 Å². The van der Waals surface area contributed by atoms with Crippen LogP contribution in [0.25, 0.3) is 0 Å². The fraction of sp³-hybridized carbons (Fsp3) is 0.583. The largest absolute Gasteiger partial charge is 0.480 e. The van der Waals surface area contributed by atoms with E-state index >= 15 is 0 Å². The van der Waals surface area contributed by atoms with Crippen molar-refractivity contribution in [3.8, 4) is 6.07 Å². The van der Waals surface area contributed by atoms with Gasteiger partial charge in [-0.1, -0.05) is 0 Å². The lowest BCUT2D eigenvalue weighted by Crippen LogP contribution is -2.29. The summed E-state index contributed by atoms with van der Waals surface area (Å²) in [7, 11) is -4.10. The Labute approximate surface area is 155 Å². The molecule has 1 heterocycles. The number of carbonyl (C=O) groups is 1. The Morgan fingerprint density at radius 2 is 1.88 bits per heavy atom. The molecule has 0 atom stereocenters. The molecule has 0 saturated heterocycles. The van der Waals surface area contributed by atoms with E-state index in [1.165, 1.54) is 0 Å². The van der Waals surface area contributed by atoms with Crippen molar-refractivity contribution >= 4 is 37.1 Å². The van der Waals surface area contributed by atoms with E-state index in [0.717, 1.165) is 0 Å². The third-order valence-electron chi connectivity index (χ3n) is 2.24. The summed E-state index contributed by atoms with van der Waals surface area (Å²) in [5.41, 5.74) is -0.756. The second-order valence-electron chi connectivity index (χ2n) is 5.29. The summed E-state index contributed by atoms with van der Waals surface area (Å²) in [5, 5.41) is 24.8. The van der Waals surface area contributed by atoms with Crippen molar-refractivity contribution in [3.63, 3.8) is 0 Å². The first-order valence-electron chi connectivity index (χ1n) is 7.20. The fourth-order valence-corrected chi connectivity index (χ4v) is 1.82. The van der Waals surface area contributed by atoms with Crippen LogP contribution in [0.4, 0.5) is 11.9 Å². The molecule has 0 radical (unpaired) electrons. The van der Waals surface area contributed by atoms with Gasteiger partial charge in [-0.05, 0) is 32.4 Å². The second-order valence-corrected chi connectivity index (χ2v) is 7.27. The zero-order valence-corrected chi connectivity index (χ0v) is 16.0. The molecule has 14 heteroatoms. The SMILES string of the molecule is CCNc1nc(Cl)nc(NC(C)(C)C#N)n1.O=C(O)CNCP(=O)(O)O. The van der Waals surface area contributed by atoms with Crippen LogP contribution >= 0.6 is 19.2 Å². The zero-order valence-electron chi connectivity index (χ0n) is 14.4. The number of nitrogens with one attached hydrogen (secondary N) is 3. The van der Waals surface area contributed by atoms with Crippen molar-refractivity contribution in [1.82, 2.24) is 20.3 Å². The molecule has 1 aromatic rings. The first-order chi connectivity index (χ1) is 11.9. The minimum absolute atomic E-state index is 0.0854. The molecule has 0 spiro atoms. The van der Waals surface area contributed by atoms with Crippen molar-refractivity contribution < 1.29 is 24.3 Å². The molecular weight excluding hydrogens is 389 g/mol. The van der Waals surface area contributed by atoms with E-state index in [-0.39, 0.29) is 11.2 Å². The first kappa shape index (κ1) is 24.0. The van der Waals surface area contributed by atoms with Crippen molar-refractivity contribution in [3.05, 3.63) is 5.28 Å². The van der Waals surface area contributed by atoms with E-state index in [0.29, 0.717) is 12.5 Å². The van der Waals surface area contributed by atoms with Gasteiger partial charge in [-0.15, -0.1) is 0 Å². The Morgan fingerprint density at radius 1 is 1.31 bits per heavy atom. The third kappa shape index (κ3) is 12.3. The second kappa shape index (κ2) is 10.8. The molecule has 1 rings (SSSR count). The first-order valence-corrected chi connectivity index (χ1v) is 9.38. The maximum absolute atomic E-state index is 10.1. The third-order valence-corrected chi connectivity index (χ3v) is 3.05. The van der Waals surface area contributed by atoms with Crippen molar-refractivity contribution in [2.75, 3.05) is 30.0 Å². The van der Waals surface area contributed by atoms with Crippen LogP contribution in [0.3, 0.4) is 0 Å². The van der Waals surface area contributed by atoms with E-state index in [1.54, 1.807) is 13.8 Å². The normalized spacial score (nSPS) is 11.0. The molecule has 0 aliphatic carbocycles. The number of aromatic nitrogens is 3. The summed E-state index contributed by atoms with van der Waals surface area (Å²) in [6, 6.07) is 2.09. The van der Waals surface area contributed by atoms with Gasteiger partial charge in [0.1, 0.15) is 5.54 Å². The Morgan fingerprint density at radius 3 is 2.35 bits per heavy atom. The smallest absolute Gasteiger partial charge is 0.339 e. The van der Waals surface area contributed by atoms with Gasteiger partial charge in [0, 0.05) is 6.54 Å². The standard InChI is InChI=1S/C9H13ClN6.C3H8NO5P/c1-4-12-7-13-6(10)14-8(15-7)16-9(2,3)5-11;5-3(6)1-4-2-10(7,8)9/h4H2,1-3H3,(H2,12,13,14,15,16);4H,1-2H2,(H,5,6)(H2,7,8,9). The number of nitrogens with zero attached hydrogens (tertiary/aromatic N) is 4. The topological polar surface area (TPSA) is 193 Å². The molecule has 1 aromatic heterocycles. The predicted molar refractivity (Wildman–Crippen MR) is 94.9 cm³/mol. The molecule has 12 nitrogen and oxygen atoms in total. The molecule has 0 aliphatic rings. The lowest BCUT2D eigenvalue weighted by molar-refractivity contribution is -0.135. The molecule has 0 aliphatic heterocycles. The average Bonchev–Trinajstić information content (AvgIpc) is 2.45. The van der Waals surface area contributed by atoms with Crippen molar-refractivity contribution in [2.24, 2.45) is 0 Å². The van der Waals surface area contributed by atoms with Gasteiger partial charge in [-0.3, -0.25) is 14.7 Å². The van der Waals surface area contributed by atoms with E-state index in [4.69, 9.17) is 31.8 Å². The lowest BCUT2D eigenvalue weighted by Gasteiger charge is -2.17. The number of aliphatic carboxylic acids is 1. The number of nitriles is 1. The van der Waals surface area contributed by atoms with Crippen LogP contribution in [-0.2, 0) is 9.36 Å². The zero-order chi connectivity index (χ0) is 20.4. The highest BCUT2D eigenvalue weighted by molar-refractivity contribution is 7.51. The van der Waals surface area contributed by atoms with E-state index in [1.807, 2.05) is 6.92 Å². The number of hydrogen-bond acceptors (Lipinski definition) is 9. The van der Waals surface area contributed by atoms with Gasteiger partial charge in [0.15, 0.2) is 0 Å². The summed E-state index contributed by atoms with van der Waals surface area (Å²) < 4.78 is 10.1. The summed E-state index contributed by atoms with van der Waals surface area (Å²) in [6.07, 6.45) is -0.598. The summed E-state index contributed by atoms with van der Waals surface area (Å²) in [4.78, 5) is 38.0. The molecule has 0 saturated carbocycles. The van der Waals surface area contributed by atoms with Crippen LogP contribution < -0.4 is 16.0 Å². The van der Waals surface area contributed by atoms with Gasteiger partial charge < -0.3 is 25.5 Å². The van der Waals surface area contributed by atoms with Gasteiger partial charge in [-0.2, -0.15) is 20.2 Å². The molecule has 6 N–H and O–H groups in total. The highest BCUT2D eigenvalue weighted by Gasteiger charge is 2.18. The van der Waals surface area contributed by atoms with Crippen LogP contribution in [0.1, 0.15) is 20.8 Å². The van der Waals surface area contributed by atoms with Crippen LogP contribution in [0.5, 0.6) is 0 Å². The Bertz CT molecular complexity index is 691. The monoisotopic (exact) mass is 409 g/mol. The molecule has 26 heavy (non-hydrogen) atoms. The Balaban J connectivity index is 0.000000541. The Kier molecular flexibility index (Phi) is 10.0. The number of rotatable bonds is 8. The molecule has 0 amide bonds. The maximum Gasteiger partial charge on any atom is 0.339 e. The number of carboxylic acids is 1. The fourth-order valence-electron chi connectivity index (χ4n) is 1.26. The summed E-state index contributed by atoms with van der Waals surface area (Å²) in [5.74, 6) is -0.477. The highest BCUT2D eigenvalue weighted by atomic mass is 35.5. The molecule has 0 fully saturated rings. The van der Waals surface area contributed by atoms with Gasteiger partial charge in [0.2, 0.25) is 17.2 Å². The Hall–Kier alpha value is -2.03. The van der Waals surface area contributed by atoms with E-state index in [2.05, 4.69) is 37.0 Å². The van der Waals surface area contributed by atoms with Gasteiger partial charge in [-0.25, -0.2) is 0 Å². The minimum Gasteiger partial charge on any atom is -0.480 e. The van der Waals surface area contributed by atoms with Crippen LogP contribution in [-0.4, -0.2) is 60.7 Å². The quantitative estimate of drug-likeness (QED) is 0.325.